The van der Waals surface area contributed by atoms with Crippen LogP contribution in [0, 0.1) is 0 Å². The minimum absolute atomic E-state index is 0.447. The summed E-state index contributed by atoms with van der Waals surface area (Å²) >= 11 is 5.87. The van der Waals surface area contributed by atoms with Crippen molar-refractivity contribution in [1.82, 2.24) is 4.98 Å². The molecule has 0 amide bonds. The van der Waals surface area contributed by atoms with Gasteiger partial charge >= 0.3 is 5.97 Å². The van der Waals surface area contributed by atoms with Crippen molar-refractivity contribution < 1.29 is 9.90 Å². The van der Waals surface area contributed by atoms with Crippen molar-refractivity contribution in [2.24, 2.45) is 0 Å². The van der Waals surface area contributed by atoms with Gasteiger partial charge in [-0.25, -0.2) is 4.79 Å². The molecule has 1 unspecified atom stereocenters. The number of carboxylic acid groups (broad SMARTS) is 1. The number of nitrogens with zero attached hydrogens (tertiary/aromatic N) is 2. The third-order valence-electron chi connectivity index (χ3n) is 2.07. The van der Waals surface area contributed by atoms with Crippen LogP contribution in [0.5, 0.6) is 0 Å². The normalized spacial score (nSPS) is 12.2. The van der Waals surface area contributed by atoms with Gasteiger partial charge in [-0.3, -0.25) is 4.98 Å². The van der Waals surface area contributed by atoms with E-state index in [1.807, 2.05) is 0 Å². The number of carboxylic acids is 1. The molecule has 0 aromatic carbocycles. The first-order valence-electron chi connectivity index (χ1n) is 4.09. The number of halogens is 1. The van der Waals surface area contributed by atoms with Gasteiger partial charge in [0.05, 0.1) is 10.7 Å². The Hall–Kier alpha value is -1.29. The monoisotopic (exact) mass is 214 g/mol. The predicted octanol–water partition coefficient (Wildman–Crippen LogP) is 1.64. The van der Waals surface area contributed by atoms with Crippen molar-refractivity contribution in [3.63, 3.8) is 0 Å². The second kappa shape index (κ2) is 4.28. The Labute approximate surface area is 87.1 Å². The Kier molecular flexibility index (Phi) is 3.30. The molecule has 1 rings (SSSR count). The van der Waals surface area contributed by atoms with Crippen molar-refractivity contribution in [3.8, 4) is 0 Å². The van der Waals surface area contributed by atoms with Crippen LogP contribution >= 0.6 is 11.6 Å². The summed E-state index contributed by atoms with van der Waals surface area (Å²) in [6, 6.07) is 1.07. The molecule has 1 aromatic heterocycles. The van der Waals surface area contributed by atoms with Gasteiger partial charge in [0.15, 0.2) is 0 Å². The van der Waals surface area contributed by atoms with E-state index in [1.54, 1.807) is 31.1 Å². The fraction of sp³-hybridized carbons (Fsp3) is 0.333. The van der Waals surface area contributed by atoms with Gasteiger partial charge in [0.2, 0.25) is 0 Å². The molecule has 0 spiro atoms. The lowest BCUT2D eigenvalue weighted by Crippen LogP contribution is -2.35. The Morgan fingerprint density at radius 2 is 2.36 bits per heavy atom. The zero-order chi connectivity index (χ0) is 10.7. The maximum atomic E-state index is 10.7. The molecule has 1 atom stereocenters. The summed E-state index contributed by atoms with van der Waals surface area (Å²) in [7, 11) is 1.68. The number of rotatable bonds is 3. The molecule has 14 heavy (non-hydrogen) atoms. The fourth-order valence-corrected chi connectivity index (χ4v) is 1.28. The number of aliphatic carboxylic acids is 1. The van der Waals surface area contributed by atoms with Gasteiger partial charge in [0, 0.05) is 19.4 Å². The standard InChI is InChI=1S/C9H11ClN2O2/c1-6(9(13)14)12(2)8-3-4-11-5-7(8)10/h3-6H,1-2H3,(H,13,14). The van der Waals surface area contributed by atoms with E-state index >= 15 is 0 Å². The molecular weight excluding hydrogens is 204 g/mol. The molecule has 0 bridgehead atoms. The smallest absolute Gasteiger partial charge is 0.326 e. The van der Waals surface area contributed by atoms with Gasteiger partial charge in [-0.15, -0.1) is 0 Å². The van der Waals surface area contributed by atoms with Crippen LogP contribution in [-0.4, -0.2) is 29.1 Å². The fourth-order valence-electron chi connectivity index (χ4n) is 1.03. The Morgan fingerprint density at radius 3 is 2.86 bits per heavy atom. The molecule has 0 fully saturated rings. The third kappa shape index (κ3) is 2.14. The maximum absolute atomic E-state index is 10.7. The van der Waals surface area contributed by atoms with E-state index in [1.165, 1.54) is 6.20 Å². The number of pyridine rings is 1. The van der Waals surface area contributed by atoms with E-state index in [0.29, 0.717) is 10.7 Å². The van der Waals surface area contributed by atoms with Crippen molar-refractivity contribution in [2.45, 2.75) is 13.0 Å². The van der Waals surface area contributed by atoms with Crippen molar-refractivity contribution in [2.75, 3.05) is 11.9 Å². The highest BCUT2D eigenvalue weighted by Crippen LogP contribution is 2.24. The maximum Gasteiger partial charge on any atom is 0.326 e. The minimum atomic E-state index is -0.889. The van der Waals surface area contributed by atoms with Crippen LogP contribution in [0.3, 0.4) is 0 Å². The second-order valence-corrected chi connectivity index (χ2v) is 3.36. The molecule has 4 nitrogen and oxygen atoms in total. The van der Waals surface area contributed by atoms with Gasteiger partial charge in [0.25, 0.3) is 0 Å². The minimum Gasteiger partial charge on any atom is -0.480 e. The molecule has 0 aliphatic rings. The zero-order valence-electron chi connectivity index (χ0n) is 7.94. The average Bonchev–Trinajstić information content (AvgIpc) is 2.16. The largest absolute Gasteiger partial charge is 0.480 e. The number of aromatic nitrogens is 1. The molecule has 1 N–H and O–H groups in total. The first kappa shape index (κ1) is 10.8. The predicted molar refractivity (Wildman–Crippen MR) is 54.7 cm³/mol. The van der Waals surface area contributed by atoms with Crippen LogP contribution in [0.15, 0.2) is 18.5 Å². The molecule has 5 heteroatoms. The van der Waals surface area contributed by atoms with Crippen molar-refractivity contribution in [1.29, 1.82) is 0 Å². The van der Waals surface area contributed by atoms with Gasteiger partial charge in [-0.2, -0.15) is 0 Å². The molecule has 76 valence electrons. The number of hydrogen-bond donors (Lipinski definition) is 1. The van der Waals surface area contributed by atoms with Crippen molar-refractivity contribution in [3.05, 3.63) is 23.5 Å². The Balaban J connectivity index is 2.94. The quantitative estimate of drug-likeness (QED) is 0.831. The van der Waals surface area contributed by atoms with E-state index in [4.69, 9.17) is 16.7 Å². The van der Waals surface area contributed by atoms with Crippen LogP contribution < -0.4 is 4.90 Å². The molecule has 1 aromatic rings. The number of anilines is 1. The zero-order valence-corrected chi connectivity index (χ0v) is 8.69. The summed E-state index contributed by atoms with van der Waals surface area (Å²) in [6.45, 7) is 1.60. The Bertz CT molecular complexity index is 343. The first-order chi connectivity index (χ1) is 6.54. The van der Waals surface area contributed by atoms with Gasteiger partial charge < -0.3 is 10.0 Å². The topological polar surface area (TPSA) is 53.4 Å². The van der Waals surface area contributed by atoms with Crippen LogP contribution in [-0.2, 0) is 4.79 Å². The van der Waals surface area contributed by atoms with Crippen LogP contribution in [0.1, 0.15) is 6.92 Å². The lowest BCUT2D eigenvalue weighted by Gasteiger charge is -2.24. The summed E-state index contributed by atoms with van der Waals surface area (Å²) in [6.07, 6.45) is 3.06. The lowest BCUT2D eigenvalue weighted by molar-refractivity contribution is -0.138. The lowest BCUT2D eigenvalue weighted by atomic mass is 10.2. The highest BCUT2D eigenvalue weighted by Gasteiger charge is 2.18. The molecule has 0 saturated heterocycles. The van der Waals surface area contributed by atoms with Gasteiger partial charge in [0.1, 0.15) is 6.04 Å². The molecule has 0 aliphatic carbocycles. The van der Waals surface area contributed by atoms with E-state index < -0.39 is 12.0 Å². The average molecular weight is 215 g/mol. The summed E-state index contributed by atoms with van der Waals surface area (Å²) in [5.74, 6) is -0.889. The highest BCUT2D eigenvalue weighted by molar-refractivity contribution is 6.33. The number of likely N-dealkylation sites (N-methyl/N-ethyl adjacent to an activating group) is 1. The summed E-state index contributed by atoms with van der Waals surface area (Å²) in [4.78, 5) is 16.1. The summed E-state index contributed by atoms with van der Waals surface area (Å²) in [5.41, 5.74) is 0.663. The van der Waals surface area contributed by atoms with E-state index in [0.717, 1.165) is 0 Å². The van der Waals surface area contributed by atoms with Gasteiger partial charge in [-0.05, 0) is 13.0 Å². The molecule has 0 saturated carbocycles. The van der Waals surface area contributed by atoms with E-state index in [-0.39, 0.29) is 0 Å². The van der Waals surface area contributed by atoms with Crippen LogP contribution in [0.2, 0.25) is 5.02 Å². The van der Waals surface area contributed by atoms with Gasteiger partial charge in [-0.1, -0.05) is 11.6 Å². The van der Waals surface area contributed by atoms with E-state index in [9.17, 15) is 4.79 Å². The summed E-state index contributed by atoms with van der Waals surface area (Å²) in [5, 5.41) is 9.25. The van der Waals surface area contributed by atoms with E-state index in [2.05, 4.69) is 4.98 Å². The van der Waals surface area contributed by atoms with Crippen LogP contribution in [0.25, 0.3) is 0 Å². The molecular formula is C9H11ClN2O2. The van der Waals surface area contributed by atoms with Crippen LogP contribution in [0.4, 0.5) is 5.69 Å². The number of hydrogen-bond acceptors (Lipinski definition) is 3. The molecule has 0 aliphatic heterocycles. The molecule has 0 radical (unpaired) electrons. The first-order valence-corrected chi connectivity index (χ1v) is 4.47. The SMILES string of the molecule is CC(C(=O)O)N(C)c1ccncc1Cl. The second-order valence-electron chi connectivity index (χ2n) is 2.95. The number of carbonyl (C=O) groups is 1. The summed E-state index contributed by atoms with van der Waals surface area (Å²) < 4.78 is 0. The Morgan fingerprint density at radius 1 is 1.71 bits per heavy atom. The highest BCUT2D eigenvalue weighted by atomic mass is 35.5. The third-order valence-corrected chi connectivity index (χ3v) is 2.36. The molecule has 1 heterocycles. The van der Waals surface area contributed by atoms with Crippen molar-refractivity contribution >= 4 is 23.3 Å².